The van der Waals surface area contributed by atoms with Crippen LogP contribution >= 0.6 is 0 Å². The molecular formula is C20H18N4O2. The Balaban J connectivity index is 1.58. The van der Waals surface area contributed by atoms with E-state index in [4.69, 9.17) is 4.42 Å². The number of nitrogens with zero attached hydrogens (tertiary/aromatic N) is 3. The number of benzene rings is 2. The molecule has 0 saturated heterocycles. The Morgan fingerprint density at radius 3 is 2.69 bits per heavy atom. The van der Waals surface area contributed by atoms with E-state index >= 15 is 0 Å². The first kappa shape index (κ1) is 16.1. The van der Waals surface area contributed by atoms with Gasteiger partial charge in [-0.25, -0.2) is 0 Å². The lowest BCUT2D eigenvalue weighted by atomic mass is 10.1. The highest BCUT2D eigenvalue weighted by Gasteiger charge is 2.16. The molecule has 2 heterocycles. The van der Waals surface area contributed by atoms with Crippen molar-refractivity contribution in [2.75, 3.05) is 0 Å². The van der Waals surface area contributed by atoms with Gasteiger partial charge in [0.2, 0.25) is 18.2 Å². The molecule has 4 rings (SSSR count). The molecule has 1 amide bonds. The maximum atomic E-state index is 12.6. The predicted molar refractivity (Wildman–Crippen MR) is 98.2 cm³/mol. The summed E-state index contributed by atoms with van der Waals surface area (Å²) < 4.78 is 7.24. The Kier molecular flexibility index (Phi) is 4.23. The highest BCUT2D eigenvalue weighted by atomic mass is 16.4. The quantitative estimate of drug-likeness (QED) is 0.599. The van der Waals surface area contributed by atoms with Crippen LogP contribution in [-0.2, 0) is 11.3 Å². The molecule has 0 spiro atoms. The first-order valence-electron chi connectivity index (χ1n) is 8.41. The summed E-state index contributed by atoms with van der Waals surface area (Å²) in [7, 11) is 0. The number of amides is 1. The van der Waals surface area contributed by atoms with E-state index in [9.17, 15) is 4.79 Å². The summed E-state index contributed by atoms with van der Waals surface area (Å²) in [5, 5.41) is 11.7. The minimum Gasteiger partial charge on any atom is -0.423 e. The maximum Gasteiger partial charge on any atom is 0.249 e. The van der Waals surface area contributed by atoms with Gasteiger partial charge in [-0.05, 0) is 18.6 Å². The van der Waals surface area contributed by atoms with Crippen LogP contribution in [0, 0.1) is 0 Å². The number of para-hydroxylation sites is 1. The van der Waals surface area contributed by atoms with Crippen LogP contribution in [0.15, 0.2) is 71.6 Å². The summed E-state index contributed by atoms with van der Waals surface area (Å²) in [5.41, 5.74) is 2.84. The van der Waals surface area contributed by atoms with Gasteiger partial charge in [-0.1, -0.05) is 48.5 Å². The lowest BCUT2D eigenvalue weighted by molar-refractivity contribution is -0.122. The van der Waals surface area contributed by atoms with Crippen LogP contribution in [0.2, 0.25) is 0 Å². The molecule has 0 radical (unpaired) electrons. The smallest absolute Gasteiger partial charge is 0.249 e. The maximum absolute atomic E-state index is 12.6. The molecule has 1 atom stereocenters. The first-order valence-corrected chi connectivity index (χ1v) is 8.41. The van der Waals surface area contributed by atoms with Gasteiger partial charge in [-0.3, -0.25) is 4.79 Å². The lowest BCUT2D eigenvalue weighted by Gasteiger charge is -2.15. The lowest BCUT2D eigenvalue weighted by Crippen LogP contribution is -2.29. The van der Waals surface area contributed by atoms with Crippen molar-refractivity contribution in [3.05, 3.63) is 72.8 Å². The van der Waals surface area contributed by atoms with Gasteiger partial charge >= 0.3 is 0 Å². The standard InChI is InChI=1S/C20H18N4O2/c1-14(15-7-3-2-4-8-15)22-19(25)12-24-11-17(20-23-21-13-26-20)16-9-5-6-10-18(16)24/h2-11,13-14H,12H2,1H3,(H,22,25)/t14-/m1/s1. The molecule has 1 N–H and O–H groups in total. The van der Waals surface area contributed by atoms with Crippen molar-refractivity contribution in [1.29, 1.82) is 0 Å². The fraction of sp³-hybridized carbons (Fsp3) is 0.150. The highest BCUT2D eigenvalue weighted by Crippen LogP contribution is 2.29. The number of hydrogen-bond donors (Lipinski definition) is 1. The zero-order chi connectivity index (χ0) is 17.9. The van der Waals surface area contributed by atoms with E-state index in [2.05, 4.69) is 15.5 Å². The van der Waals surface area contributed by atoms with Crippen LogP contribution in [0.1, 0.15) is 18.5 Å². The topological polar surface area (TPSA) is 73.0 Å². The van der Waals surface area contributed by atoms with Gasteiger partial charge in [0.05, 0.1) is 11.6 Å². The molecule has 2 aromatic heterocycles. The van der Waals surface area contributed by atoms with Crippen LogP contribution < -0.4 is 5.32 Å². The molecule has 0 aliphatic carbocycles. The third kappa shape index (κ3) is 3.09. The molecule has 0 unspecified atom stereocenters. The molecular weight excluding hydrogens is 328 g/mol. The van der Waals surface area contributed by atoms with E-state index in [0.717, 1.165) is 22.0 Å². The van der Waals surface area contributed by atoms with E-state index in [-0.39, 0.29) is 18.5 Å². The highest BCUT2D eigenvalue weighted by molar-refractivity contribution is 5.94. The summed E-state index contributed by atoms with van der Waals surface area (Å²) in [6.45, 7) is 2.19. The van der Waals surface area contributed by atoms with Gasteiger partial charge in [0.15, 0.2) is 0 Å². The summed E-state index contributed by atoms with van der Waals surface area (Å²) in [5.74, 6) is 0.386. The van der Waals surface area contributed by atoms with Gasteiger partial charge in [-0.15, -0.1) is 10.2 Å². The fourth-order valence-corrected chi connectivity index (χ4v) is 3.11. The van der Waals surface area contributed by atoms with E-state index < -0.39 is 0 Å². The molecule has 4 aromatic rings. The average molecular weight is 346 g/mol. The van der Waals surface area contributed by atoms with Gasteiger partial charge in [0.25, 0.3) is 0 Å². The number of hydrogen-bond acceptors (Lipinski definition) is 4. The second kappa shape index (κ2) is 6.84. The second-order valence-corrected chi connectivity index (χ2v) is 6.13. The molecule has 26 heavy (non-hydrogen) atoms. The number of nitrogens with one attached hydrogen (secondary N) is 1. The van der Waals surface area contributed by atoms with Crippen molar-refractivity contribution in [3.63, 3.8) is 0 Å². The molecule has 0 saturated carbocycles. The number of aromatic nitrogens is 3. The molecule has 0 fully saturated rings. The summed E-state index contributed by atoms with van der Waals surface area (Å²) in [6.07, 6.45) is 3.18. The van der Waals surface area contributed by atoms with Crippen molar-refractivity contribution in [2.24, 2.45) is 0 Å². The van der Waals surface area contributed by atoms with Gasteiger partial charge in [0, 0.05) is 17.1 Å². The van der Waals surface area contributed by atoms with E-state index in [1.807, 2.05) is 72.3 Å². The summed E-state index contributed by atoms with van der Waals surface area (Å²) >= 11 is 0. The number of carbonyl (C=O) groups excluding carboxylic acids is 1. The molecule has 6 heteroatoms. The normalized spacial score (nSPS) is 12.2. The number of fused-ring (bicyclic) bond motifs is 1. The van der Waals surface area contributed by atoms with Crippen LogP contribution in [0.25, 0.3) is 22.4 Å². The molecule has 0 bridgehead atoms. The summed E-state index contributed by atoms with van der Waals surface area (Å²) in [4.78, 5) is 12.6. The number of carbonyl (C=O) groups is 1. The second-order valence-electron chi connectivity index (χ2n) is 6.13. The Hall–Kier alpha value is -3.41. The summed E-state index contributed by atoms with van der Waals surface area (Å²) in [6, 6.07) is 17.7. The molecule has 6 nitrogen and oxygen atoms in total. The minimum atomic E-state index is -0.0563. The molecule has 2 aromatic carbocycles. The zero-order valence-corrected chi connectivity index (χ0v) is 14.3. The van der Waals surface area contributed by atoms with Crippen molar-refractivity contribution in [3.8, 4) is 11.5 Å². The molecule has 0 aliphatic heterocycles. The zero-order valence-electron chi connectivity index (χ0n) is 14.3. The Bertz CT molecular complexity index is 1020. The third-order valence-corrected chi connectivity index (χ3v) is 4.37. The predicted octanol–water partition coefficient (Wildman–Crippen LogP) is 3.57. The van der Waals surface area contributed by atoms with Crippen LogP contribution in [0.5, 0.6) is 0 Å². The Morgan fingerprint density at radius 1 is 1.15 bits per heavy atom. The molecule has 130 valence electrons. The van der Waals surface area contributed by atoms with Gasteiger partial charge in [0.1, 0.15) is 6.54 Å². The fourth-order valence-electron chi connectivity index (χ4n) is 3.11. The monoisotopic (exact) mass is 346 g/mol. The van der Waals surface area contributed by atoms with Crippen molar-refractivity contribution < 1.29 is 9.21 Å². The average Bonchev–Trinajstić information content (AvgIpc) is 3.31. The third-order valence-electron chi connectivity index (χ3n) is 4.37. The van der Waals surface area contributed by atoms with Crippen molar-refractivity contribution in [2.45, 2.75) is 19.5 Å². The van der Waals surface area contributed by atoms with Gasteiger partial charge < -0.3 is 14.3 Å². The van der Waals surface area contributed by atoms with Crippen LogP contribution in [0.4, 0.5) is 0 Å². The Labute approximate surface area is 150 Å². The first-order chi connectivity index (χ1) is 12.7. The SMILES string of the molecule is C[C@@H](NC(=O)Cn1cc(-c2nnco2)c2ccccc21)c1ccccc1. The minimum absolute atomic E-state index is 0.0547. The van der Waals surface area contributed by atoms with Crippen molar-refractivity contribution >= 4 is 16.8 Å². The number of rotatable bonds is 5. The Morgan fingerprint density at radius 2 is 1.92 bits per heavy atom. The van der Waals surface area contributed by atoms with E-state index in [0.29, 0.717) is 5.89 Å². The van der Waals surface area contributed by atoms with E-state index in [1.54, 1.807) is 0 Å². The molecule has 0 aliphatic rings. The van der Waals surface area contributed by atoms with E-state index in [1.165, 1.54) is 6.39 Å². The van der Waals surface area contributed by atoms with Crippen LogP contribution in [0.3, 0.4) is 0 Å². The van der Waals surface area contributed by atoms with Crippen molar-refractivity contribution in [1.82, 2.24) is 20.1 Å². The van der Waals surface area contributed by atoms with Gasteiger partial charge in [-0.2, -0.15) is 0 Å². The van der Waals surface area contributed by atoms with Crippen LogP contribution in [-0.4, -0.2) is 20.7 Å². The largest absolute Gasteiger partial charge is 0.423 e.